The molecule has 0 atom stereocenters. The van der Waals surface area contributed by atoms with Crippen LogP contribution in [0.2, 0.25) is 0 Å². The maximum Gasteiger partial charge on any atom is 0.176 e. The van der Waals surface area contributed by atoms with Crippen LogP contribution < -0.4 is 5.32 Å². The molecule has 0 saturated heterocycles. The summed E-state index contributed by atoms with van der Waals surface area (Å²) < 4.78 is 13.0. The first-order valence-electron chi connectivity index (χ1n) is 5.65. The minimum Gasteiger partial charge on any atom is -0.310 e. The van der Waals surface area contributed by atoms with E-state index in [0.717, 1.165) is 19.4 Å². The standard InChI is InChI=1S/C13H18FNO/c1-3-4-7-15-9-13(16)11-5-6-12(14)10(2)8-11/h5-6,8,15H,3-4,7,9H2,1-2H3. The fourth-order valence-electron chi connectivity index (χ4n) is 1.42. The molecular formula is C13H18FNO. The summed E-state index contributed by atoms with van der Waals surface area (Å²) in [6, 6.07) is 4.47. The second kappa shape index (κ2) is 6.38. The van der Waals surface area contributed by atoms with Gasteiger partial charge in [0.1, 0.15) is 5.82 Å². The molecule has 0 aliphatic heterocycles. The molecular weight excluding hydrogens is 205 g/mol. The summed E-state index contributed by atoms with van der Waals surface area (Å²) in [7, 11) is 0. The summed E-state index contributed by atoms with van der Waals surface area (Å²) in [5.74, 6) is -0.255. The van der Waals surface area contributed by atoms with Gasteiger partial charge in [-0.05, 0) is 43.7 Å². The number of nitrogens with one attached hydrogen (secondary N) is 1. The number of hydrogen-bond acceptors (Lipinski definition) is 2. The predicted octanol–water partition coefficient (Wildman–Crippen LogP) is 2.71. The molecule has 2 nitrogen and oxygen atoms in total. The second-order valence-electron chi connectivity index (χ2n) is 3.92. The molecule has 0 fully saturated rings. The predicted molar refractivity (Wildman–Crippen MR) is 63.2 cm³/mol. The highest BCUT2D eigenvalue weighted by Gasteiger charge is 2.06. The first-order valence-corrected chi connectivity index (χ1v) is 5.65. The Morgan fingerprint density at radius 3 is 2.81 bits per heavy atom. The Morgan fingerprint density at radius 1 is 1.44 bits per heavy atom. The third kappa shape index (κ3) is 3.74. The number of rotatable bonds is 6. The molecule has 0 amide bonds. The van der Waals surface area contributed by atoms with Crippen LogP contribution in [0.5, 0.6) is 0 Å². The van der Waals surface area contributed by atoms with Crippen LogP contribution >= 0.6 is 0 Å². The molecule has 16 heavy (non-hydrogen) atoms. The number of hydrogen-bond donors (Lipinski definition) is 1. The van der Waals surface area contributed by atoms with E-state index >= 15 is 0 Å². The van der Waals surface area contributed by atoms with Gasteiger partial charge < -0.3 is 5.32 Å². The van der Waals surface area contributed by atoms with E-state index in [0.29, 0.717) is 17.7 Å². The second-order valence-corrected chi connectivity index (χ2v) is 3.92. The monoisotopic (exact) mass is 223 g/mol. The Balaban J connectivity index is 2.50. The Labute approximate surface area is 95.9 Å². The Morgan fingerprint density at radius 2 is 2.19 bits per heavy atom. The molecule has 0 aliphatic carbocycles. The van der Waals surface area contributed by atoms with Crippen molar-refractivity contribution >= 4 is 5.78 Å². The number of carbonyl (C=O) groups excluding carboxylic acids is 1. The summed E-state index contributed by atoms with van der Waals surface area (Å²) in [6.07, 6.45) is 2.17. The first kappa shape index (κ1) is 12.8. The molecule has 0 aromatic heterocycles. The summed E-state index contributed by atoms with van der Waals surface area (Å²) in [6.45, 7) is 4.94. The Hall–Kier alpha value is -1.22. The van der Waals surface area contributed by atoms with E-state index in [2.05, 4.69) is 12.2 Å². The van der Waals surface area contributed by atoms with Crippen molar-refractivity contribution in [1.82, 2.24) is 5.32 Å². The van der Waals surface area contributed by atoms with E-state index in [1.165, 1.54) is 12.1 Å². The average molecular weight is 223 g/mol. The molecule has 0 aliphatic rings. The summed E-state index contributed by atoms with van der Waals surface area (Å²) in [5, 5.41) is 3.08. The van der Waals surface area contributed by atoms with Gasteiger partial charge in [0.15, 0.2) is 5.78 Å². The molecule has 1 N–H and O–H groups in total. The Bertz CT molecular complexity index is 363. The first-order chi connectivity index (χ1) is 7.65. The highest BCUT2D eigenvalue weighted by Crippen LogP contribution is 2.09. The van der Waals surface area contributed by atoms with Crippen molar-refractivity contribution in [3.63, 3.8) is 0 Å². The molecule has 1 aromatic carbocycles. The summed E-state index contributed by atoms with van der Waals surface area (Å²) in [5.41, 5.74) is 1.09. The smallest absolute Gasteiger partial charge is 0.176 e. The van der Waals surface area contributed by atoms with Crippen LogP contribution in [0.4, 0.5) is 4.39 Å². The van der Waals surface area contributed by atoms with Crippen molar-refractivity contribution in [2.24, 2.45) is 0 Å². The Kier molecular flexibility index (Phi) is 5.12. The number of halogens is 1. The van der Waals surface area contributed by atoms with Gasteiger partial charge in [-0.15, -0.1) is 0 Å². The number of Topliss-reactive ketones (excluding diaryl/α,β-unsaturated/α-hetero) is 1. The quantitative estimate of drug-likeness (QED) is 0.593. The third-order valence-corrected chi connectivity index (χ3v) is 2.47. The molecule has 1 rings (SSSR count). The van der Waals surface area contributed by atoms with Gasteiger partial charge in [0.25, 0.3) is 0 Å². The molecule has 1 aromatic rings. The van der Waals surface area contributed by atoms with E-state index in [1.54, 1.807) is 13.0 Å². The normalized spacial score (nSPS) is 10.4. The van der Waals surface area contributed by atoms with Crippen LogP contribution in [0, 0.1) is 12.7 Å². The molecule has 3 heteroatoms. The maximum absolute atomic E-state index is 13.0. The van der Waals surface area contributed by atoms with E-state index in [4.69, 9.17) is 0 Å². The van der Waals surface area contributed by atoms with Crippen molar-refractivity contribution in [2.75, 3.05) is 13.1 Å². The molecule has 88 valence electrons. The van der Waals surface area contributed by atoms with Crippen LogP contribution in [-0.4, -0.2) is 18.9 Å². The molecule has 0 saturated carbocycles. The molecule has 0 spiro atoms. The molecule has 0 bridgehead atoms. The zero-order valence-electron chi connectivity index (χ0n) is 9.85. The lowest BCUT2D eigenvalue weighted by molar-refractivity contribution is 0.0991. The largest absolute Gasteiger partial charge is 0.310 e. The van der Waals surface area contributed by atoms with E-state index < -0.39 is 0 Å². The topological polar surface area (TPSA) is 29.1 Å². The zero-order valence-corrected chi connectivity index (χ0v) is 9.85. The number of ketones is 1. The van der Waals surface area contributed by atoms with Crippen molar-refractivity contribution in [3.05, 3.63) is 35.1 Å². The van der Waals surface area contributed by atoms with Crippen LogP contribution in [0.25, 0.3) is 0 Å². The lowest BCUT2D eigenvalue weighted by Gasteiger charge is -2.04. The van der Waals surface area contributed by atoms with Crippen LogP contribution in [-0.2, 0) is 0 Å². The van der Waals surface area contributed by atoms with Crippen molar-refractivity contribution in [3.8, 4) is 0 Å². The fraction of sp³-hybridized carbons (Fsp3) is 0.462. The highest BCUT2D eigenvalue weighted by molar-refractivity contribution is 5.97. The van der Waals surface area contributed by atoms with Gasteiger partial charge >= 0.3 is 0 Å². The maximum atomic E-state index is 13.0. The number of carbonyl (C=O) groups is 1. The van der Waals surface area contributed by atoms with Gasteiger partial charge in [-0.25, -0.2) is 4.39 Å². The third-order valence-electron chi connectivity index (χ3n) is 2.47. The van der Waals surface area contributed by atoms with Crippen molar-refractivity contribution < 1.29 is 9.18 Å². The van der Waals surface area contributed by atoms with Crippen LogP contribution in [0.15, 0.2) is 18.2 Å². The highest BCUT2D eigenvalue weighted by atomic mass is 19.1. The average Bonchev–Trinajstić information content (AvgIpc) is 2.28. The molecule has 0 radical (unpaired) electrons. The lowest BCUT2D eigenvalue weighted by Crippen LogP contribution is -2.24. The number of aryl methyl sites for hydroxylation is 1. The van der Waals surface area contributed by atoms with Gasteiger partial charge in [-0.3, -0.25) is 4.79 Å². The molecule has 0 heterocycles. The van der Waals surface area contributed by atoms with Crippen LogP contribution in [0.3, 0.4) is 0 Å². The van der Waals surface area contributed by atoms with Gasteiger partial charge in [-0.1, -0.05) is 13.3 Å². The summed E-state index contributed by atoms with van der Waals surface area (Å²) >= 11 is 0. The van der Waals surface area contributed by atoms with E-state index in [9.17, 15) is 9.18 Å². The van der Waals surface area contributed by atoms with Crippen LogP contribution in [0.1, 0.15) is 35.7 Å². The van der Waals surface area contributed by atoms with E-state index in [-0.39, 0.29) is 11.6 Å². The molecule has 0 unspecified atom stereocenters. The van der Waals surface area contributed by atoms with Gasteiger partial charge in [-0.2, -0.15) is 0 Å². The zero-order chi connectivity index (χ0) is 12.0. The lowest BCUT2D eigenvalue weighted by atomic mass is 10.1. The SMILES string of the molecule is CCCCNCC(=O)c1ccc(F)c(C)c1. The number of unbranched alkanes of at least 4 members (excludes halogenated alkanes) is 1. The van der Waals surface area contributed by atoms with Crippen molar-refractivity contribution in [2.45, 2.75) is 26.7 Å². The van der Waals surface area contributed by atoms with Gasteiger partial charge in [0.05, 0.1) is 6.54 Å². The minimum absolute atomic E-state index is 0.0132. The van der Waals surface area contributed by atoms with Gasteiger partial charge in [0.2, 0.25) is 0 Å². The fourth-order valence-corrected chi connectivity index (χ4v) is 1.42. The van der Waals surface area contributed by atoms with Gasteiger partial charge in [0, 0.05) is 5.56 Å². The number of benzene rings is 1. The van der Waals surface area contributed by atoms with Crippen molar-refractivity contribution in [1.29, 1.82) is 0 Å². The van der Waals surface area contributed by atoms with E-state index in [1.807, 2.05) is 0 Å². The summed E-state index contributed by atoms with van der Waals surface area (Å²) in [4.78, 5) is 11.7. The minimum atomic E-state index is -0.268.